The molecule has 6 nitrogen and oxygen atoms in total. The zero-order chi connectivity index (χ0) is 15.0. The molecular weight excluding hydrogens is 294 g/mol. The minimum atomic E-state index is -3.86. The Morgan fingerprint density at radius 1 is 1.50 bits per heavy atom. The molecule has 0 radical (unpaired) electrons. The van der Waals surface area contributed by atoms with Crippen LogP contribution in [-0.2, 0) is 10.0 Å². The van der Waals surface area contributed by atoms with Gasteiger partial charge in [0.05, 0.1) is 0 Å². The summed E-state index contributed by atoms with van der Waals surface area (Å²) >= 11 is 0. The van der Waals surface area contributed by atoms with Crippen molar-refractivity contribution < 1.29 is 27.1 Å². The average Bonchev–Trinajstić information content (AvgIpc) is 2.97. The largest absolute Gasteiger partial charge is 0.477 e. The molecule has 1 unspecified atom stereocenters. The van der Waals surface area contributed by atoms with Crippen LogP contribution in [-0.4, -0.2) is 36.9 Å². The van der Waals surface area contributed by atoms with Gasteiger partial charge in [-0.05, 0) is 18.6 Å². The zero-order valence-corrected chi connectivity index (χ0v) is 11.0. The fourth-order valence-corrected chi connectivity index (χ4v) is 2.69. The van der Waals surface area contributed by atoms with E-state index in [1.54, 1.807) is 0 Å². The van der Waals surface area contributed by atoms with Crippen LogP contribution in [0.3, 0.4) is 0 Å². The van der Waals surface area contributed by atoms with Crippen molar-refractivity contribution in [1.82, 2.24) is 9.71 Å². The Balaban J connectivity index is 1.94. The van der Waals surface area contributed by atoms with Gasteiger partial charge in [-0.1, -0.05) is 0 Å². The first-order valence-electron chi connectivity index (χ1n) is 5.79. The lowest BCUT2D eigenvalue weighted by atomic mass is 10.3. The van der Waals surface area contributed by atoms with Gasteiger partial charge in [0.25, 0.3) is 5.92 Å². The van der Waals surface area contributed by atoms with E-state index in [2.05, 4.69) is 9.71 Å². The second-order valence-electron chi connectivity index (χ2n) is 4.53. The summed E-state index contributed by atoms with van der Waals surface area (Å²) in [5, 5.41) is 8.64. The number of pyridine rings is 1. The maximum atomic E-state index is 12.6. The molecule has 0 aliphatic heterocycles. The van der Waals surface area contributed by atoms with Crippen LogP contribution in [0.15, 0.2) is 23.2 Å². The van der Waals surface area contributed by atoms with Crippen LogP contribution in [0.5, 0.6) is 0 Å². The molecule has 0 bridgehead atoms. The van der Waals surface area contributed by atoms with Crippen LogP contribution in [0, 0.1) is 5.92 Å². The molecule has 1 saturated carbocycles. The average molecular weight is 306 g/mol. The molecule has 9 heteroatoms. The van der Waals surface area contributed by atoms with Gasteiger partial charge in [0.1, 0.15) is 10.6 Å². The molecular formula is C11H12F2N2O4S. The lowest BCUT2D eigenvalue weighted by molar-refractivity contribution is 0.0690. The van der Waals surface area contributed by atoms with Crippen molar-refractivity contribution in [2.75, 3.05) is 6.54 Å². The Hall–Kier alpha value is -1.61. The standard InChI is InChI=1S/C11H12F2N2O4S/c12-11(13)5-7(11)3-4-15-20(18,19)8-1-2-9(10(16)17)14-6-8/h1-2,6-7,15H,3-5H2,(H,16,17). The van der Waals surface area contributed by atoms with Gasteiger partial charge in [0.2, 0.25) is 10.0 Å². The lowest BCUT2D eigenvalue weighted by Crippen LogP contribution is -2.25. The molecule has 110 valence electrons. The summed E-state index contributed by atoms with van der Waals surface area (Å²) in [5.74, 6) is -4.70. The van der Waals surface area contributed by atoms with Crippen LogP contribution < -0.4 is 4.72 Å². The minimum Gasteiger partial charge on any atom is -0.477 e. The van der Waals surface area contributed by atoms with Gasteiger partial charge in [0.15, 0.2) is 0 Å². The molecule has 1 aromatic heterocycles. The molecule has 1 aromatic rings. The van der Waals surface area contributed by atoms with Crippen molar-refractivity contribution in [3.63, 3.8) is 0 Å². The van der Waals surface area contributed by atoms with Crippen molar-refractivity contribution >= 4 is 16.0 Å². The fourth-order valence-electron chi connectivity index (χ4n) is 1.70. The summed E-state index contributed by atoms with van der Waals surface area (Å²) in [6.45, 7) is -0.0940. The quantitative estimate of drug-likeness (QED) is 0.820. The number of hydrogen-bond donors (Lipinski definition) is 2. The maximum absolute atomic E-state index is 12.6. The van der Waals surface area contributed by atoms with Crippen LogP contribution in [0.2, 0.25) is 0 Å². The molecule has 2 N–H and O–H groups in total. The third-order valence-electron chi connectivity index (χ3n) is 3.01. The van der Waals surface area contributed by atoms with E-state index in [1.807, 2.05) is 0 Å². The summed E-state index contributed by atoms with van der Waals surface area (Å²) in [6.07, 6.45) is 0.772. The van der Waals surface area contributed by atoms with Crippen LogP contribution in [0.4, 0.5) is 8.78 Å². The predicted octanol–water partition coefficient (Wildman–Crippen LogP) is 1.10. The van der Waals surface area contributed by atoms with Gasteiger partial charge >= 0.3 is 5.97 Å². The first-order chi connectivity index (χ1) is 9.22. The Bertz CT molecular complexity index is 616. The molecule has 1 aliphatic carbocycles. The molecule has 2 rings (SSSR count). The number of rotatable bonds is 6. The topological polar surface area (TPSA) is 96.4 Å². The highest BCUT2D eigenvalue weighted by Crippen LogP contribution is 2.50. The number of aromatic nitrogens is 1. The number of hydrogen-bond acceptors (Lipinski definition) is 4. The van der Waals surface area contributed by atoms with Gasteiger partial charge in [-0.25, -0.2) is 31.7 Å². The fraction of sp³-hybridized carbons (Fsp3) is 0.455. The highest BCUT2D eigenvalue weighted by molar-refractivity contribution is 7.89. The minimum absolute atomic E-state index is 0.0624. The van der Waals surface area contributed by atoms with Crippen molar-refractivity contribution in [2.45, 2.75) is 23.7 Å². The monoisotopic (exact) mass is 306 g/mol. The number of carboxylic acid groups (broad SMARTS) is 1. The second-order valence-corrected chi connectivity index (χ2v) is 6.30. The molecule has 1 atom stereocenters. The first-order valence-corrected chi connectivity index (χ1v) is 7.27. The molecule has 0 amide bonds. The molecule has 1 heterocycles. The SMILES string of the molecule is O=C(O)c1ccc(S(=O)(=O)NCCC2CC2(F)F)cn1. The smallest absolute Gasteiger partial charge is 0.354 e. The summed E-state index contributed by atoms with van der Waals surface area (Å²) in [5.41, 5.74) is -0.276. The van der Waals surface area contributed by atoms with Gasteiger partial charge in [-0.2, -0.15) is 0 Å². The summed E-state index contributed by atoms with van der Waals surface area (Å²) in [7, 11) is -3.86. The van der Waals surface area contributed by atoms with E-state index in [9.17, 15) is 22.0 Å². The highest BCUT2D eigenvalue weighted by Gasteiger charge is 2.55. The number of carboxylic acids is 1. The van der Waals surface area contributed by atoms with Gasteiger partial charge in [-0.15, -0.1) is 0 Å². The molecule has 0 spiro atoms. The maximum Gasteiger partial charge on any atom is 0.354 e. The summed E-state index contributed by atoms with van der Waals surface area (Å²) in [6, 6.07) is 2.16. The highest BCUT2D eigenvalue weighted by atomic mass is 32.2. The Kier molecular flexibility index (Phi) is 3.74. The van der Waals surface area contributed by atoms with Crippen molar-refractivity contribution in [3.05, 3.63) is 24.0 Å². The van der Waals surface area contributed by atoms with Gasteiger partial charge in [-0.3, -0.25) is 0 Å². The Morgan fingerprint density at radius 2 is 2.15 bits per heavy atom. The van der Waals surface area contributed by atoms with E-state index in [1.165, 1.54) is 0 Å². The summed E-state index contributed by atoms with van der Waals surface area (Å²) in [4.78, 5) is 13.9. The van der Waals surface area contributed by atoms with Crippen molar-refractivity contribution in [1.29, 1.82) is 0 Å². The number of aromatic carboxylic acids is 1. The molecule has 1 aliphatic rings. The first kappa shape index (κ1) is 14.8. The second kappa shape index (κ2) is 5.06. The third kappa shape index (κ3) is 3.28. The third-order valence-corrected chi connectivity index (χ3v) is 4.45. The van der Waals surface area contributed by atoms with Crippen LogP contribution >= 0.6 is 0 Å². The van der Waals surface area contributed by atoms with E-state index in [-0.39, 0.29) is 30.0 Å². The van der Waals surface area contributed by atoms with E-state index < -0.39 is 27.8 Å². The van der Waals surface area contributed by atoms with Gasteiger partial charge < -0.3 is 5.11 Å². The van der Waals surface area contributed by atoms with E-state index in [4.69, 9.17) is 5.11 Å². The van der Waals surface area contributed by atoms with E-state index in [0.29, 0.717) is 0 Å². The molecule has 0 aromatic carbocycles. The molecule has 0 saturated heterocycles. The number of sulfonamides is 1. The van der Waals surface area contributed by atoms with E-state index >= 15 is 0 Å². The normalized spacial score (nSPS) is 20.6. The van der Waals surface area contributed by atoms with E-state index in [0.717, 1.165) is 18.3 Å². The van der Waals surface area contributed by atoms with Crippen molar-refractivity contribution in [2.24, 2.45) is 5.92 Å². The summed E-state index contributed by atoms with van der Waals surface area (Å²) < 4.78 is 51.0. The number of carbonyl (C=O) groups is 1. The number of nitrogens with one attached hydrogen (secondary N) is 1. The van der Waals surface area contributed by atoms with Gasteiger partial charge in [0, 0.05) is 25.1 Å². The van der Waals surface area contributed by atoms with Crippen molar-refractivity contribution in [3.8, 4) is 0 Å². The number of alkyl halides is 2. The lowest BCUT2D eigenvalue weighted by Gasteiger charge is -2.06. The van der Waals surface area contributed by atoms with Crippen LogP contribution in [0.25, 0.3) is 0 Å². The Morgan fingerprint density at radius 3 is 2.60 bits per heavy atom. The molecule has 20 heavy (non-hydrogen) atoms. The predicted molar refractivity (Wildman–Crippen MR) is 64.1 cm³/mol. The van der Waals surface area contributed by atoms with Crippen LogP contribution in [0.1, 0.15) is 23.3 Å². The number of halogens is 2. The number of nitrogens with zero attached hydrogens (tertiary/aromatic N) is 1. The zero-order valence-electron chi connectivity index (χ0n) is 10.2. The molecule has 1 fully saturated rings. The Labute approximate surface area is 113 Å².